The van der Waals surface area contributed by atoms with E-state index in [1.165, 1.54) is 6.42 Å². The maximum Gasteiger partial charge on any atom is 0.227 e. The summed E-state index contributed by atoms with van der Waals surface area (Å²) in [5.74, 6) is 0.348. The van der Waals surface area contributed by atoms with Gasteiger partial charge in [-0.1, -0.05) is 12.5 Å². The quantitative estimate of drug-likeness (QED) is 0.726. The van der Waals surface area contributed by atoms with E-state index in [0.717, 1.165) is 24.1 Å². The van der Waals surface area contributed by atoms with Crippen molar-refractivity contribution < 1.29 is 4.79 Å². The molecule has 0 unspecified atom stereocenters. The number of nitrogens with one attached hydrogen (secondary N) is 1. The fourth-order valence-electron chi connectivity index (χ4n) is 1.68. The van der Waals surface area contributed by atoms with Gasteiger partial charge in [0.25, 0.3) is 0 Å². The molecule has 0 heterocycles. The van der Waals surface area contributed by atoms with Crippen molar-refractivity contribution >= 4 is 17.3 Å². The number of hydrogen-bond acceptors (Lipinski definition) is 2. The zero-order chi connectivity index (χ0) is 10.8. The second-order valence-corrected chi connectivity index (χ2v) is 4.19. The molecule has 1 saturated carbocycles. The van der Waals surface area contributed by atoms with Gasteiger partial charge in [0.1, 0.15) is 0 Å². The van der Waals surface area contributed by atoms with Crippen molar-refractivity contribution in [1.29, 1.82) is 0 Å². The summed E-state index contributed by atoms with van der Waals surface area (Å²) in [4.78, 5) is 11.7. The van der Waals surface area contributed by atoms with Crippen LogP contribution in [0.25, 0.3) is 0 Å². The summed E-state index contributed by atoms with van der Waals surface area (Å²) in [5.41, 5.74) is 8.25. The average molecular weight is 204 g/mol. The molecule has 0 atom stereocenters. The van der Waals surface area contributed by atoms with Gasteiger partial charge in [0.05, 0.1) is 0 Å². The van der Waals surface area contributed by atoms with Crippen LogP contribution in [0.2, 0.25) is 0 Å². The van der Waals surface area contributed by atoms with Crippen molar-refractivity contribution in [1.82, 2.24) is 0 Å². The van der Waals surface area contributed by atoms with Crippen molar-refractivity contribution in [3.05, 3.63) is 23.8 Å². The van der Waals surface area contributed by atoms with E-state index in [1.807, 2.05) is 25.1 Å². The minimum atomic E-state index is 0.134. The van der Waals surface area contributed by atoms with Crippen LogP contribution >= 0.6 is 0 Å². The SMILES string of the molecule is Cc1ccc(N)cc1NC(=O)C1CCC1. The van der Waals surface area contributed by atoms with Crippen molar-refractivity contribution in [2.45, 2.75) is 26.2 Å². The molecule has 0 bridgehead atoms. The monoisotopic (exact) mass is 204 g/mol. The zero-order valence-corrected chi connectivity index (χ0v) is 8.92. The topological polar surface area (TPSA) is 55.1 Å². The Morgan fingerprint density at radius 1 is 1.47 bits per heavy atom. The van der Waals surface area contributed by atoms with Crippen LogP contribution in [0.4, 0.5) is 11.4 Å². The van der Waals surface area contributed by atoms with Crippen LogP contribution in [0.15, 0.2) is 18.2 Å². The predicted octanol–water partition coefficient (Wildman–Crippen LogP) is 2.32. The standard InChI is InChI=1S/C12H16N2O/c1-8-5-6-10(13)7-11(8)14-12(15)9-3-2-4-9/h5-7,9H,2-4,13H2,1H3,(H,14,15). The number of amides is 1. The first kappa shape index (κ1) is 10.0. The number of benzene rings is 1. The second kappa shape index (κ2) is 3.93. The molecule has 1 fully saturated rings. The average Bonchev–Trinajstić information content (AvgIpc) is 2.08. The third-order valence-corrected chi connectivity index (χ3v) is 3.00. The molecular weight excluding hydrogens is 188 g/mol. The smallest absolute Gasteiger partial charge is 0.227 e. The second-order valence-electron chi connectivity index (χ2n) is 4.19. The summed E-state index contributed by atoms with van der Waals surface area (Å²) in [6.07, 6.45) is 3.22. The molecule has 1 aromatic carbocycles. The number of carbonyl (C=O) groups is 1. The lowest BCUT2D eigenvalue weighted by atomic mass is 9.85. The summed E-state index contributed by atoms with van der Waals surface area (Å²) in [5, 5.41) is 2.93. The van der Waals surface area contributed by atoms with E-state index in [9.17, 15) is 4.79 Å². The van der Waals surface area contributed by atoms with Gasteiger partial charge in [-0.15, -0.1) is 0 Å². The Bertz CT molecular complexity index is 383. The van der Waals surface area contributed by atoms with E-state index in [0.29, 0.717) is 5.69 Å². The lowest BCUT2D eigenvalue weighted by molar-refractivity contribution is -0.122. The van der Waals surface area contributed by atoms with Gasteiger partial charge >= 0.3 is 0 Å². The molecular formula is C12H16N2O. The number of rotatable bonds is 2. The molecule has 15 heavy (non-hydrogen) atoms. The number of carbonyl (C=O) groups excluding carboxylic acids is 1. The Morgan fingerprint density at radius 3 is 2.80 bits per heavy atom. The molecule has 2 rings (SSSR count). The Balaban J connectivity index is 2.09. The zero-order valence-electron chi connectivity index (χ0n) is 8.92. The van der Waals surface area contributed by atoms with Crippen LogP contribution < -0.4 is 11.1 Å². The molecule has 80 valence electrons. The minimum absolute atomic E-state index is 0.134. The summed E-state index contributed by atoms with van der Waals surface area (Å²) in [7, 11) is 0. The highest BCUT2D eigenvalue weighted by Crippen LogP contribution is 2.28. The van der Waals surface area contributed by atoms with E-state index in [-0.39, 0.29) is 11.8 Å². The molecule has 1 aliphatic rings. The highest BCUT2D eigenvalue weighted by atomic mass is 16.1. The summed E-state index contributed by atoms with van der Waals surface area (Å²) < 4.78 is 0. The van der Waals surface area contributed by atoms with Crippen LogP contribution in [0.3, 0.4) is 0 Å². The summed E-state index contributed by atoms with van der Waals surface area (Å²) in [6, 6.07) is 5.58. The van der Waals surface area contributed by atoms with Crippen LogP contribution in [-0.4, -0.2) is 5.91 Å². The van der Waals surface area contributed by atoms with Crippen molar-refractivity contribution in [2.24, 2.45) is 5.92 Å². The maximum atomic E-state index is 11.7. The van der Waals surface area contributed by atoms with Gasteiger partial charge in [-0.05, 0) is 37.5 Å². The fraction of sp³-hybridized carbons (Fsp3) is 0.417. The lowest BCUT2D eigenvalue weighted by Gasteiger charge is -2.24. The van der Waals surface area contributed by atoms with Gasteiger partial charge in [0.15, 0.2) is 0 Å². The van der Waals surface area contributed by atoms with Crippen LogP contribution in [0, 0.1) is 12.8 Å². The van der Waals surface area contributed by atoms with Crippen LogP contribution in [0.5, 0.6) is 0 Å². The Hall–Kier alpha value is -1.51. The molecule has 3 N–H and O–H groups in total. The highest BCUT2D eigenvalue weighted by Gasteiger charge is 2.25. The molecule has 3 heteroatoms. The van der Waals surface area contributed by atoms with Crippen LogP contribution in [0.1, 0.15) is 24.8 Å². The van der Waals surface area contributed by atoms with Gasteiger partial charge in [-0.2, -0.15) is 0 Å². The number of aryl methyl sites for hydroxylation is 1. The van der Waals surface area contributed by atoms with Crippen molar-refractivity contribution in [3.8, 4) is 0 Å². The predicted molar refractivity (Wildman–Crippen MR) is 61.6 cm³/mol. The first-order chi connectivity index (χ1) is 7.16. The normalized spacial score (nSPS) is 15.8. The molecule has 1 aliphatic carbocycles. The van der Waals surface area contributed by atoms with E-state index in [2.05, 4.69) is 5.32 Å². The maximum absolute atomic E-state index is 11.7. The van der Waals surface area contributed by atoms with E-state index < -0.39 is 0 Å². The molecule has 1 amide bonds. The van der Waals surface area contributed by atoms with Gasteiger partial charge in [0.2, 0.25) is 5.91 Å². The van der Waals surface area contributed by atoms with Gasteiger partial charge in [-0.3, -0.25) is 4.79 Å². The summed E-state index contributed by atoms with van der Waals surface area (Å²) >= 11 is 0. The molecule has 0 spiro atoms. The highest BCUT2D eigenvalue weighted by molar-refractivity contribution is 5.94. The van der Waals surface area contributed by atoms with Gasteiger partial charge in [-0.25, -0.2) is 0 Å². The Kier molecular flexibility index (Phi) is 2.62. The molecule has 1 aromatic rings. The molecule has 0 radical (unpaired) electrons. The molecule has 0 saturated heterocycles. The van der Waals surface area contributed by atoms with E-state index in [1.54, 1.807) is 0 Å². The van der Waals surface area contributed by atoms with Crippen LogP contribution in [-0.2, 0) is 4.79 Å². The van der Waals surface area contributed by atoms with Crippen molar-refractivity contribution in [3.63, 3.8) is 0 Å². The Morgan fingerprint density at radius 2 is 2.20 bits per heavy atom. The molecule has 3 nitrogen and oxygen atoms in total. The molecule has 0 aromatic heterocycles. The largest absolute Gasteiger partial charge is 0.399 e. The third-order valence-electron chi connectivity index (χ3n) is 3.00. The molecule has 0 aliphatic heterocycles. The van der Waals surface area contributed by atoms with Crippen molar-refractivity contribution in [2.75, 3.05) is 11.1 Å². The number of nitrogen functional groups attached to an aromatic ring is 1. The number of anilines is 2. The first-order valence-corrected chi connectivity index (χ1v) is 5.34. The first-order valence-electron chi connectivity index (χ1n) is 5.34. The van der Waals surface area contributed by atoms with E-state index in [4.69, 9.17) is 5.73 Å². The van der Waals surface area contributed by atoms with Gasteiger partial charge < -0.3 is 11.1 Å². The minimum Gasteiger partial charge on any atom is -0.399 e. The summed E-state index contributed by atoms with van der Waals surface area (Å²) in [6.45, 7) is 1.97. The van der Waals surface area contributed by atoms with E-state index >= 15 is 0 Å². The third kappa shape index (κ3) is 2.12. The fourth-order valence-corrected chi connectivity index (χ4v) is 1.68. The number of nitrogens with two attached hydrogens (primary N) is 1. The Labute approximate surface area is 89.7 Å². The lowest BCUT2D eigenvalue weighted by Crippen LogP contribution is -2.28. The van der Waals surface area contributed by atoms with Gasteiger partial charge in [0, 0.05) is 17.3 Å². The number of hydrogen-bond donors (Lipinski definition) is 2.